The van der Waals surface area contributed by atoms with E-state index < -0.39 is 0 Å². The average Bonchev–Trinajstić information content (AvgIpc) is 2.68. The minimum atomic E-state index is -0.242. The molecule has 8 nitrogen and oxygen atoms in total. The highest BCUT2D eigenvalue weighted by molar-refractivity contribution is 6.01. The Balaban J connectivity index is 1.98. The average molecular weight is 378 g/mol. The van der Waals surface area contributed by atoms with Crippen molar-refractivity contribution in [3.8, 4) is 0 Å². The molecule has 0 aliphatic heterocycles. The Bertz CT molecular complexity index is 1090. The van der Waals surface area contributed by atoms with Crippen LogP contribution in [-0.4, -0.2) is 38.2 Å². The Morgan fingerprint density at radius 2 is 2.07 bits per heavy atom. The monoisotopic (exact) mass is 378 g/mol. The van der Waals surface area contributed by atoms with Crippen LogP contribution in [0.5, 0.6) is 0 Å². The van der Waals surface area contributed by atoms with Gasteiger partial charge in [-0.2, -0.15) is 0 Å². The standard InChI is InChI=1S/C20H22N6O2/c1-12(2)26(11-21)20(22)16-7-4-8-18(25-16)24-15-6-3-5-14-19(15)17(28)9-13(10-27)23-14/h3-9,11-12,21-22,27H,10H2,1-2H3,(H,23,28)(H,24,25). The van der Waals surface area contributed by atoms with Crippen molar-refractivity contribution >= 4 is 34.6 Å². The van der Waals surface area contributed by atoms with E-state index in [0.717, 1.165) is 6.34 Å². The number of H-pyrrole nitrogens is 1. The SMILES string of the molecule is CC(C)N(C=N)C(=N)c1cccc(Nc2cccc3[nH]c(CO)cc(=O)c23)n1. The van der Waals surface area contributed by atoms with Crippen LogP contribution in [0.4, 0.5) is 11.5 Å². The van der Waals surface area contributed by atoms with Gasteiger partial charge in [-0.1, -0.05) is 12.1 Å². The number of pyridine rings is 2. The molecule has 144 valence electrons. The van der Waals surface area contributed by atoms with Crippen LogP contribution < -0.4 is 10.7 Å². The summed E-state index contributed by atoms with van der Waals surface area (Å²) in [5, 5.41) is 28.7. The molecule has 0 aliphatic carbocycles. The van der Waals surface area contributed by atoms with E-state index in [2.05, 4.69) is 15.3 Å². The van der Waals surface area contributed by atoms with Gasteiger partial charge >= 0.3 is 0 Å². The van der Waals surface area contributed by atoms with Gasteiger partial charge in [-0.25, -0.2) is 4.98 Å². The molecule has 3 rings (SSSR count). The zero-order chi connectivity index (χ0) is 20.3. The fourth-order valence-corrected chi connectivity index (χ4v) is 2.93. The molecule has 28 heavy (non-hydrogen) atoms. The lowest BCUT2D eigenvalue weighted by molar-refractivity contribution is 0.277. The topological polar surface area (TPSA) is 129 Å². The summed E-state index contributed by atoms with van der Waals surface area (Å²) in [5.41, 5.74) is 1.84. The van der Waals surface area contributed by atoms with E-state index in [9.17, 15) is 9.90 Å². The van der Waals surface area contributed by atoms with Gasteiger partial charge in [0.25, 0.3) is 0 Å². The fraction of sp³-hybridized carbons (Fsp3) is 0.200. The molecule has 5 N–H and O–H groups in total. The van der Waals surface area contributed by atoms with Crippen molar-refractivity contribution in [2.24, 2.45) is 0 Å². The smallest absolute Gasteiger partial charge is 0.191 e. The van der Waals surface area contributed by atoms with Crippen molar-refractivity contribution in [1.29, 1.82) is 10.8 Å². The molecule has 0 aliphatic rings. The summed E-state index contributed by atoms with van der Waals surface area (Å²) in [4.78, 5) is 21.5. The molecule has 1 aromatic carbocycles. The van der Waals surface area contributed by atoms with Gasteiger partial charge in [-0.05, 0) is 38.1 Å². The van der Waals surface area contributed by atoms with E-state index in [1.807, 2.05) is 13.8 Å². The third kappa shape index (κ3) is 3.77. The van der Waals surface area contributed by atoms with Crippen LogP contribution in [-0.2, 0) is 6.61 Å². The largest absolute Gasteiger partial charge is 0.390 e. The van der Waals surface area contributed by atoms with Crippen LogP contribution in [0.15, 0.2) is 47.3 Å². The minimum absolute atomic E-state index is 0.0410. The molecule has 0 bridgehead atoms. The molecular weight excluding hydrogens is 356 g/mol. The highest BCUT2D eigenvalue weighted by Crippen LogP contribution is 2.22. The lowest BCUT2D eigenvalue weighted by atomic mass is 10.1. The molecule has 3 aromatic rings. The van der Waals surface area contributed by atoms with Crippen LogP contribution in [0.1, 0.15) is 25.2 Å². The number of nitrogens with zero attached hydrogens (tertiary/aromatic N) is 2. The van der Waals surface area contributed by atoms with Gasteiger partial charge in [-0.3, -0.25) is 15.6 Å². The lowest BCUT2D eigenvalue weighted by Gasteiger charge is -2.23. The molecule has 0 atom stereocenters. The van der Waals surface area contributed by atoms with Crippen molar-refractivity contribution in [2.45, 2.75) is 26.5 Å². The summed E-state index contributed by atoms with van der Waals surface area (Å²) in [6, 6.07) is 11.9. The number of aliphatic hydroxyl groups excluding tert-OH is 1. The maximum Gasteiger partial charge on any atom is 0.191 e. The number of nitrogens with one attached hydrogen (secondary N) is 4. The van der Waals surface area contributed by atoms with Crippen molar-refractivity contribution in [2.75, 3.05) is 5.32 Å². The highest BCUT2D eigenvalue weighted by Gasteiger charge is 2.15. The maximum atomic E-state index is 12.5. The van der Waals surface area contributed by atoms with Gasteiger partial charge < -0.3 is 20.3 Å². The number of hydrogen-bond acceptors (Lipinski definition) is 6. The van der Waals surface area contributed by atoms with Gasteiger partial charge in [0.2, 0.25) is 0 Å². The van der Waals surface area contributed by atoms with Crippen LogP contribution >= 0.6 is 0 Å². The van der Waals surface area contributed by atoms with Crippen molar-refractivity contribution in [3.63, 3.8) is 0 Å². The van der Waals surface area contributed by atoms with E-state index >= 15 is 0 Å². The van der Waals surface area contributed by atoms with Gasteiger partial charge in [0.15, 0.2) is 11.3 Å². The van der Waals surface area contributed by atoms with Crippen LogP contribution in [0, 0.1) is 10.8 Å². The van der Waals surface area contributed by atoms with E-state index in [1.165, 1.54) is 11.0 Å². The summed E-state index contributed by atoms with van der Waals surface area (Å²) < 4.78 is 0. The Labute approximate surface area is 161 Å². The zero-order valence-electron chi connectivity index (χ0n) is 15.7. The second-order valence-electron chi connectivity index (χ2n) is 6.56. The number of aromatic nitrogens is 2. The number of anilines is 2. The summed E-state index contributed by atoms with van der Waals surface area (Å²) in [5.74, 6) is 0.603. The lowest BCUT2D eigenvalue weighted by Crippen LogP contribution is -2.36. The number of aliphatic hydroxyl groups is 1. The van der Waals surface area contributed by atoms with Crippen molar-refractivity contribution < 1.29 is 5.11 Å². The van der Waals surface area contributed by atoms with Gasteiger partial charge in [-0.15, -0.1) is 0 Å². The van der Waals surface area contributed by atoms with Crippen LogP contribution in [0.25, 0.3) is 10.9 Å². The molecule has 2 heterocycles. The quantitative estimate of drug-likeness (QED) is 0.333. The molecule has 0 unspecified atom stereocenters. The predicted molar refractivity (Wildman–Crippen MR) is 111 cm³/mol. The first-order valence-corrected chi connectivity index (χ1v) is 8.82. The number of amidine groups is 1. The van der Waals surface area contributed by atoms with Crippen LogP contribution in [0.3, 0.4) is 0 Å². The zero-order valence-corrected chi connectivity index (χ0v) is 15.7. The molecule has 0 spiro atoms. The molecule has 0 fully saturated rings. The van der Waals surface area contributed by atoms with E-state index in [1.54, 1.807) is 36.4 Å². The van der Waals surface area contributed by atoms with Crippen molar-refractivity contribution in [3.05, 3.63) is 64.1 Å². The highest BCUT2D eigenvalue weighted by atomic mass is 16.3. The molecular formula is C20H22N6O2. The van der Waals surface area contributed by atoms with Gasteiger partial charge in [0.1, 0.15) is 11.5 Å². The predicted octanol–water partition coefficient (Wildman–Crippen LogP) is 2.80. The van der Waals surface area contributed by atoms with Gasteiger partial charge in [0, 0.05) is 17.8 Å². The summed E-state index contributed by atoms with van der Waals surface area (Å²) in [6.07, 6.45) is 1.11. The number of aromatic amines is 1. The van der Waals surface area contributed by atoms with E-state index in [0.29, 0.717) is 33.8 Å². The molecule has 0 radical (unpaired) electrons. The third-order valence-corrected chi connectivity index (χ3v) is 4.29. The first kappa shape index (κ1) is 19.2. The fourth-order valence-electron chi connectivity index (χ4n) is 2.93. The molecule has 0 saturated carbocycles. The summed E-state index contributed by atoms with van der Waals surface area (Å²) in [6.45, 7) is 3.54. The summed E-state index contributed by atoms with van der Waals surface area (Å²) in [7, 11) is 0. The summed E-state index contributed by atoms with van der Waals surface area (Å²) >= 11 is 0. The second kappa shape index (κ2) is 8.01. The van der Waals surface area contributed by atoms with Gasteiger partial charge in [0.05, 0.1) is 29.5 Å². The minimum Gasteiger partial charge on any atom is -0.390 e. The Morgan fingerprint density at radius 3 is 2.75 bits per heavy atom. The first-order valence-electron chi connectivity index (χ1n) is 8.82. The third-order valence-electron chi connectivity index (χ3n) is 4.29. The first-order chi connectivity index (χ1) is 13.4. The number of hydrogen-bond donors (Lipinski definition) is 5. The normalized spacial score (nSPS) is 10.9. The van der Waals surface area contributed by atoms with E-state index in [4.69, 9.17) is 10.8 Å². The number of benzene rings is 1. The van der Waals surface area contributed by atoms with Crippen LogP contribution in [0.2, 0.25) is 0 Å². The molecule has 2 aromatic heterocycles. The molecule has 0 saturated heterocycles. The Kier molecular flexibility index (Phi) is 5.51. The molecule has 8 heteroatoms. The van der Waals surface area contributed by atoms with Crippen molar-refractivity contribution in [1.82, 2.24) is 14.9 Å². The second-order valence-corrected chi connectivity index (χ2v) is 6.56. The maximum absolute atomic E-state index is 12.5. The number of fused-ring (bicyclic) bond motifs is 1. The Hall–Kier alpha value is -3.52. The number of rotatable bonds is 6. The Morgan fingerprint density at radius 1 is 1.32 bits per heavy atom. The van der Waals surface area contributed by atoms with E-state index in [-0.39, 0.29) is 23.9 Å². The molecule has 0 amide bonds.